The zero-order chi connectivity index (χ0) is 27.6. The van der Waals surface area contributed by atoms with Crippen LogP contribution in [0.1, 0.15) is 29.9 Å². The molecule has 39 heavy (non-hydrogen) atoms. The smallest absolute Gasteiger partial charge is 0.216 e. The summed E-state index contributed by atoms with van der Waals surface area (Å²) in [6.45, 7) is 2.00. The summed E-state index contributed by atoms with van der Waals surface area (Å²) in [5.41, 5.74) is 6.45. The third kappa shape index (κ3) is 7.88. The number of nitrogens with zero attached hydrogens (tertiary/aromatic N) is 4. The van der Waals surface area contributed by atoms with Crippen molar-refractivity contribution in [3.05, 3.63) is 95.6 Å². The number of amides is 1. The first-order valence-electron chi connectivity index (χ1n) is 12.3. The molecule has 4 rings (SSSR count). The second-order valence-corrected chi connectivity index (χ2v) is 8.82. The number of aromatic nitrogens is 4. The number of tetrazole rings is 1. The lowest BCUT2D eigenvalue weighted by Gasteiger charge is -2.17. The Morgan fingerprint density at radius 3 is 2.49 bits per heavy atom. The van der Waals surface area contributed by atoms with Crippen LogP contribution in [-0.4, -0.2) is 50.6 Å². The van der Waals surface area contributed by atoms with Crippen molar-refractivity contribution in [3.8, 4) is 11.1 Å². The molecule has 1 aromatic heterocycles. The highest BCUT2D eigenvalue weighted by molar-refractivity contribution is 5.72. The molecule has 0 bridgehead atoms. The van der Waals surface area contributed by atoms with Gasteiger partial charge in [0, 0.05) is 31.3 Å². The molecule has 1 unspecified atom stereocenters. The van der Waals surface area contributed by atoms with Gasteiger partial charge in [-0.15, -0.1) is 10.2 Å². The van der Waals surface area contributed by atoms with Gasteiger partial charge in [-0.2, -0.15) is 10.3 Å². The summed E-state index contributed by atoms with van der Waals surface area (Å²) >= 11 is 0. The van der Waals surface area contributed by atoms with E-state index < -0.39 is 18.0 Å². The molecule has 3 aromatic carbocycles. The first-order chi connectivity index (χ1) is 18.9. The number of anilines is 1. The second kappa shape index (κ2) is 13.5. The first-order valence-corrected chi connectivity index (χ1v) is 12.3. The van der Waals surface area contributed by atoms with Crippen molar-refractivity contribution in [3.63, 3.8) is 0 Å². The normalized spacial score (nSPS) is 12.6. The minimum absolute atomic E-state index is 0.114. The molecule has 1 amide bonds. The van der Waals surface area contributed by atoms with E-state index in [1.54, 1.807) is 19.2 Å². The van der Waals surface area contributed by atoms with Crippen LogP contribution in [0, 0.1) is 5.82 Å². The Morgan fingerprint density at radius 2 is 1.85 bits per heavy atom. The Kier molecular flexibility index (Phi) is 9.64. The average Bonchev–Trinajstić information content (AvgIpc) is 3.37. The van der Waals surface area contributed by atoms with Crippen molar-refractivity contribution in [2.24, 2.45) is 7.05 Å². The molecule has 4 aromatic rings. The fourth-order valence-corrected chi connectivity index (χ4v) is 3.82. The van der Waals surface area contributed by atoms with E-state index in [4.69, 9.17) is 10.1 Å². The van der Waals surface area contributed by atoms with Gasteiger partial charge >= 0.3 is 0 Å². The SMILES string of the molecule is CC(=O)NC[C@@H](CNc1ccc(-c2ccc(C(NOCc3ccccc3)c3nnn(C)n3)cc2)c(F)c1)OO. The van der Waals surface area contributed by atoms with Gasteiger partial charge in [-0.25, -0.2) is 9.28 Å². The maximum absolute atomic E-state index is 15.0. The zero-order valence-corrected chi connectivity index (χ0v) is 21.5. The lowest BCUT2D eigenvalue weighted by Crippen LogP contribution is -2.36. The standard InChI is InChI=1S/C27H30FN7O4/c1-18(36)29-15-23(39-37)16-30-22-12-13-24(25(28)14-22)20-8-10-21(11-9-20)26(27-31-34-35(2)32-27)33-38-17-19-6-4-3-5-7-19/h3-14,23,26,30,33,37H,15-17H2,1-2H3,(H,29,36)/t23-,26?/m0/s1. The van der Waals surface area contributed by atoms with Gasteiger partial charge in [0.1, 0.15) is 18.0 Å². The van der Waals surface area contributed by atoms with Gasteiger partial charge in [-0.05, 0) is 40.1 Å². The van der Waals surface area contributed by atoms with E-state index in [9.17, 15) is 4.79 Å². The van der Waals surface area contributed by atoms with Crippen molar-refractivity contribution in [2.75, 3.05) is 18.4 Å². The molecule has 0 aliphatic rings. The highest BCUT2D eigenvalue weighted by atomic mass is 19.1. The molecule has 0 aliphatic carbocycles. The summed E-state index contributed by atoms with van der Waals surface area (Å²) in [6, 6.07) is 21.3. The molecule has 0 saturated heterocycles. The molecule has 0 saturated carbocycles. The number of hydrogen-bond donors (Lipinski definition) is 4. The number of carbonyl (C=O) groups is 1. The molecular weight excluding hydrogens is 505 g/mol. The molecule has 0 spiro atoms. The van der Waals surface area contributed by atoms with Gasteiger partial charge in [0.05, 0.1) is 13.7 Å². The molecule has 11 nitrogen and oxygen atoms in total. The Bertz CT molecular complexity index is 1350. The van der Waals surface area contributed by atoms with Gasteiger partial charge in [-0.3, -0.25) is 14.9 Å². The van der Waals surface area contributed by atoms with Crippen molar-refractivity contribution >= 4 is 11.6 Å². The number of hydroxylamine groups is 1. The minimum Gasteiger partial charge on any atom is -0.382 e. The highest BCUT2D eigenvalue weighted by Crippen LogP contribution is 2.28. The monoisotopic (exact) mass is 535 g/mol. The predicted octanol–water partition coefficient (Wildman–Crippen LogP) is 3.23. The van der Waals surface area contributed by atoms with Crippen LogP contribution in [0.15, 0.2) is 72.8 Å². The number of hydrogen-bond acceptors (Lipinski definition) is 9. The van der Waals surface area contributed by atoms with Crippen LogP contribution < -0.4 is 16.1 Å². The molecule has 2 atom stereocenters. The Hall–Kier alpha value is -4.23. The maximum atomic E-state index is 15.0. The number of halogens is 1. The van der Waals surface area contributed by atoms with Crippen LogP contribution >= 0.6 is 0 Å². The molecule has 0 radical (unpaired) electrons. The van der Waals surface area contributed by atoms with E-state index in [-0.39, 0.29) is 19.0 Å². The third-order valence-corrected chi connectivity index (χ3v) is 5.85. The topological polar surface area (TPSA) is 135 Å². The summed E-state index contributed by atoms with van der Waals surface area (Å²) in [4.78, 5) is 22.5. The Labute approximate surface area is 224 Å². The quantitative estimate of drug-likeness (QED) is 0.150. The number of benzene rings is 3. The molecule has 0 aliphatic heterocycles. The summed E-state index contributed by atoms with van der Waals surface area (Å²) in [5, 5.41) is 26.9. The average molecular weight is 536 g/mol. The predicted molar refractivity (Wildman–Crippen MR) is 142 cm³/mol. The third-order valence-electron chi connectivity index (χ3n) is 5.85. The second-order valence-electron chi connectivity index (χ2n) is 8.82. The van der Waals surface area contributed by atoms with Gasteiger partial charge in [0.2, 0.25) is 5.91 Å². The van der Waals surface area contributed by atoms with Gasteiger partial charge in [0.25, 0.3) is 0 Å². The van der Waals surface area contributed by atoms with Gasteiger partial charge in [0.15, 0.2) is 5.82 Å². The van der Waals surface area contributed by atoms with Crippen LogP contribution in [0.25, 0.3) is 11.1 Å². The lowest BCUT2D eigenvalue weighted by molar-refractivity contribution is -0.272. The molecule has 4 N–H and O–H groups in total. The van der Waals surface area contributed by atoms with E-state index in [0.717, 1.165) is 11.1 Å². The van der Waals surface area contributed by atoms with Crippen LogP contribution in [0.5, 0.6) is 0 Å². The van der Waals surface area contributed by atoms with Crippen molar-refractivity contribution in [2.45, 2.75) is 25.7 Å². The van der Waals surface area contributed by atoms with E-state index >= 15 is 4.39 Å². The molecular formula is C27H30FN7O4. The fourth-order valence-electron chi connectivity index (χ4n) is 3.82. The summed E-state index contributed by atoms with van der Waals surface area (Å²) in [6.07, 6.45) is -0.689. The van der Waals surface area contributed by atoms with Crippen LogP contribution in [-0.2, 0) is 28.2 Å². The molecule has 204 valence electrons. The largest absolute Gasteiger partial charge is 0.382 e. The van der Waals surface area contributed by atoms with Crippen molar-refractivity contribution in [1.29, 1.82) is 0 Å². The van der Waals surface area contributed by atoms with E-state index in [1.165, 1.54) is 17.8 Å². The van der Waals surface area contributed by atoms with Crippen molar-refractivity contribution < 1.29 is 24.2 Å². The molecule has 1 heterocycles. The summed E-state index contributed by atoms with van der Waals surface area (Å²) in [5.74, 6) is -0.232. The zero-order valence-electron chi connectivity index (χ0n) is 21.5. The van der Waals surface area contributed by atoms with E-state index in [2.05, 4.69) is 36.4 Å². The Balaban J connectivity index is 1.43. The minimum atomic E-state index is -0.689. The maximum Gasteiger partial charge on any atom is 0.216 e. The first kappa shape index (κ1) is 27.8. The van der Waals surface area contributed by atoms with Gasteiger partial charge < -0.3 is 10.6 Å². The van der Waals surface area contributed by atoms with Crippen LogP contribution in [0.3, 0.4) is 0 Å². The van der Waals surface area contributed by atoms with Crippen LogP contribution in [0.2, 0.25) is 0 Å². The fraction of sp³-hybridized carbons (Fsp3) is 0.259. The number of aryl methyl sites for hydroxylation is 1. The Morgan fingerprint density at radius 1 is 1.08 bits per heavy atom. The summed E-state index contributed by atoms with van der Waals surface area (Å²) < 4.78 is 15.0. The molecule has 0 fully saturated rings. The lowest BCUT2D eigenvalue weighted by atomic mass is 10.00. The van der Waals surface area contributed by atoms with Crippen molar-refractivity contribution in [1.82, 2.24) is 31.0 Å². The number of carbonyl (C=O) groups excluding carboxylic acids is 1. The number of rotatable bonds is 13. The van der Waals surface area contributed by atoms with Crippen LogP contribution in [0.4, 0.5) is 10.1 Å². The van der Waals surface area contributed by atoms with E-state index in [1.807, 2.05) is 54.6 Å². The highest BCUT2D eigenvalue weighted by Gasteiger charge is 2.20. The van der Waals surface area contributed by atoms with E-state index in [0.29, 0.717) is 29.2 Å². The summed E-state index contributed by atoms with van der Waals surface area (Å²) in [7, 11) is 1.68. The number of nitrogens with one attached hydrogen (secondary N) is 3. The van der Waals surface area contributed by atoms with Gasteiger partial charge in [-0.1, -0.05) is 54.6 Å². The molecule has 12 heteroatoms.